The van der Waals surface area contributed by atoms with Gasteiger partial charge in [0.25, 0.3) is 0 Å². The summed E-state index contributed by atoms with van der Waals surface area (Å²) < 4.78 is 5.17. The molecule has 0 bridgehead atoms. The average molecular weight is 197 g/mol. The van der Waals surface area contributed by atoms with Gasteiger partial charge in [0.2, 0.25) is 0 Å². The molecule has 0 spiro atoms. The Balaban J connectivity index is 1.85. The van der Waals surface area contributed by atoms with Gasteiger partial charge in [0, 0.05) is 39.2 Å². The summed E-state index contributed by atoms with van der Waals surface area (Å²) in [6.07, 6.45) is 2.40. The number of guanidine groups is 1. The minimum atomic E-state index is 0.687. The van der Waals surface area contributed by atoms with Crippen LogP contribution in [0.5, 0.6) is 0 Å². The molecule has 0 aromatic heterocycles. The first-order chi connectivity index (χ1) is 6.90. The van der Waals surface area contributed by atoms with Crippen molar-refractivity contribution in [3.63, 3.8) is 0 Å². The minimum absolute atomic E-state index is 0.687. The molecule has 4 nitrogen and oxygen atoms in total. The predicted molar refractivity (Wildman–Crippen MR) is 56.5 cm³/mol. The van der Waals surface area contributed by atoms with Crippen molar-refractivity contribution in [3.8, 4) is 0 Å². The van der Waals surface area contributed by atoms with Crippen LogP contribution in [-0.4, -0.2) is 50.8 Å². The Kier molecular flexibility index (Phi) is 3.24. The van der Waals surface area contributed by atoms with Crippen molar-refractivity contribution in [1.29, 1.82) is 0 Å². The highest BCUT2D eigenvalue weighted by molar-refractivity contribution is 5.80. The van der Waals surface area contributed by atoms with E-state index in [-0.39, 0.29) is 0 Å². The maximum Gasteiger partial charge on any atom is 0.193 e. The van der Waals surface area contributed by atoms with Gasteiger partial charge in [0.05, 0.1) is 6.61 Å². The van der Waals surface area contributed by atoms with Crippen LogP contribution in [0.4, 0.5) is 0 Å². The third kappa shape index (κ3) is 2.18. The number of hydrogen-bond acceptors (Lipinski definition) is 4. The number of nitrogens with one attached hydrogen (secondary N) is 1. The topological polar surface area (TPSA) is 36.9 Å². The van der Waals surface area contributed by atoms with Gasteiger partial charge in [-0.15, -0.1) is 0 Å². The number of rotatable bonds is 2. The summed E-state index contributed by atoms with van der Waals surface area (Å²) >= 11 is 0. The van der Waals surface area contributed by atoms with Crippen LogP contribution in [0.1, 0.15) is 12.8 Å². The summed E-state index contributed by atoms with van der Waals surface area (Å²) in [7, 11) is 1.78. The lowest BCUT2D eigenvalue weighted by Gasteiger charge is -2.24. The number of likely N-dealkylation sites (tertiary alicyclic amines) is 1. The smallest absolute Gasteiger partial charge is 0.193 e. The van der Waals surface area contributed by atoms with Gasteiger partial charge in [0.1, 0.15) is 0 Å². The fourth-order valence-corrected chi connectivity index (χ4v) is 2.13. The highest BCUT2D eigenvalue weighted by Gasteiger charge is 2.25. The van der Waals surface area contributed by atoms with Crippen LogP contribution in [-0.2, 0) is 4.74 Å². The molecule has 0 aliphatic carbocycles. The molecule has 0 aromatic carbocycles. The fraction of sp³-hybridized carbons (Fsp3) is 0.900. The molecule has 2 heterocycles. The van der Waals surface area contributed by atoms with Gasteiger partial charge >= 0.3 is 0 Å². The number of hydrogen-bond donors (Lipinski definition) is 1. The molecule has 1 saturated heterocycles. The van der Waals surface area contributed by atoms with E-state index in [4.69, 9.17) is 4.74 Å². The van der Waals surface area contributed by atoms with Gasteiger partial charge in [-0.1, -0.05) is 0 Å². The number of ether oxygens (including phenoxy) is 1. The number of methoxy groups -OCH3 is 1. The van der Waals surface area contributed by atoms with Crippen molar-refractivity contribution < 1.29 is 4.74 Å². The molecule has 4 heteroatoms. The first-order valence-electron chi connectivity index (χ1n) is 5.42. The molecule has 2 aliphatic rings. The standard InChI is InChI=1S/C10H19N3O/c1-14-8-9-3-6-13(7-9)10-11-4-2-5-12-10/h9H,2-8H2,1H3,(H,11,12). The first-order valence-corrected chi connectivity index (χ1v) is 5.42. The van der Waals surface area contributed by atoms with Crippen LogP contribution in [0.3, 0.4) is 0 Å². The summed E-state index contributed by atoms with van der Waals surface area (Å²) in [6.45, 7) is 5.15. The average Bonchev–Trinajstić information content (AvgIpc) is 2.68. The van der Waals surface area contributed by atoms with Crippen LogP contribution in [0.2, 0.25) is 0 Å². The summed E-state index contributed by atoms with van der Waals surface area (Å²) in [6, 6.07) is 0. The van der Waals surface area contributed by atoms with Gasteiger partial charge in [-0.05, 0) is 12.8 Å². The zero-order chi connectivity index (χ0) is 9.80. The maximum absolute atomic E-state index is 5.17. The fourth-order valence-electron chi connectivity index (χ4n) is 2.13. The van der Waals surface area contributed by atoms with E-state index in [1.165, 1.54) is 12.8 Å². The first kappa shape index (κ1) is 9.77. The van der Waals surface area contributed by atoms with E-state index in [2.05, 4.69) is 15.2 Å². The SMILES string of the molecule is COCC1CCN(C2=NCCCN2)C1. The van der Waals surface area contributed by atoms with Crippen LogP contribution < -0.4 is 5.32 Å². The van der Waals surface area contributed by atoms with E-state index in [0.717, 1.165) is 38.7 Å². The lowest BCUT2D eigenvalue weighted by Crippen LogP contribution is -2.43. The second-order valence-electron chi connectivity index (χ2n) is 4.04. The summed E-state index contributed by atoms with van der Waals surface area (Å²) in [5.41, 5.74) is 0. The van der Waals surface area contributed by atoms with Gasteiger partial charge in [0.15, 0.2) is 5.96 Å². The van der Waals surface area contributed by atoms with Crippen molar-refractivity contribution in [2.24, 2.45) is 10.9 Å². The Hall–Kier alpha value is -0.770. The normalized spacial score (nSPS) is 27.4. The quantitative estimate of drug-likeness (QED) is 0.692. The second kappa shape index (κ2) is 4.64. The van der Waals surface area contributed by atoms with Gasteiger partial charge in [-0.2, -0.15) is 0 Å². The van der Waals surface area contributed by atoms with Crippen LogP contribution in [0.15, 0.2) is 4.99 Å². The van der Waals surface area contributed by atoms with E-state index in [1.807, 2.05) is 0 Å². The molecule has 14 heavy (non-hydrogen) atoms. The van der Waals surface area contributed by atoms with Crippen molar-refractivity contribution in [2.75, 3.05) is 39.9 Å². The largest absolute Gasteiger partial charge is 0.384 e. The van der Waals surface area contributed by atoms with E-state index in [1.54, 1.807) is 7.11 Å². The molecule has 2 aliphatic heterocycles. The summed E-state index contributed by atoms with van der Waals surface area (Å²) in [4.78, 5) is 6.85. The third-order valence-electron chi connectivity index (χ3n) is 2.87. The number of nitrogens with zero attached hydrogens (tertiary/aromatic N) is 2. The van der Waals surface area contributed by atoms with Crippen molar-refractivity contribution in [1.82, 2.24) is 10.2 Å². The highest BCUT2D eigenvalue weighted by atomic mass is 16.5. The molecule has 0 aromatic rings. The summed E-state index contributed by atoms with van der Waals surface area (Å²) in [5, 5.41) is 3.36. The maximum atomic E-state index is 5.17. The van der Waals surface area contributed by atoms with Crippen molar-refractivity contribution in [3.05, 3.63) is 0 Å². The third-order valence-corrected chi connectivity index (χ3v) is 2.87. The lowest BCUT2D eigenvalue weighted by atomic mass is 10.1. The highest BCUT2D eigenvalue weighted by Crippen LogP contribution is 2.16. The zero-order valence-corrected chi connectivity index (χ0v) is 8.83. The molecule has 0 saturated carbocycles. The van der Waals surface area contributed by atoms with Crippen LogP contribution >= 0.6 is 0 Å². The lowest BCUT2D eigenvalue weighted by molar-refractivity contribution is 0.157. The Morgan fingerprint density at radius 3 is 3.29 bits per heavy atom. The van der Waals surface area contributed by atoms with Gasteiger partial charge < -0.3 is 15.0 Å². The van der Waals surface area contributed by atoms with E-state index >= 15 is 0 Å². The van der Waals surface area contributed by atoms with E-state index in [9.17, 15) is 0 Å². The Morgan fingerprint density at radius 1 is 1.64 bits per heavy atom. The molecule has 1 N–H and O–H groups in total. The van der Waals surface area contributed by atoms with Crippen LogP contribution in [0.25, 0.3) is 0 Å². The van der Waals surface area contributed by atoms with Crippen LogP contribution in [0, 0.1) is 5.92 Å². The van der Waals surface area contributed by atoms with Crippen molar-refractivity contribution >= 4 is 5.96 Å². The Bertz CT molecular complexity index is 217. The monoisotopic (exact) mass is 197 g/mol. The van der Waals surface area contributed by atoms with E-state index < -0.39 is 0 Å². The molecule has 0 radical (unpaired) electrons. The molecule has 2 rings (SSSR count). The molecule has 0 amide bonds. The van der Waals surface area contributed by atoms with Gasteiger partial charge in [-0.25, -0.2) is 0 Å². The molecule has 1 unspecified atom stereocenters. The minimum Gasteiger partial charge on any atom is -0.384 e. The molecule has 1 atom stereocenters. The van der Waals surface area contributed by atoms with E-state index in [0.29, 0.717) is 5.92 Å². The van der Waals surface area contributed by atoms with Crippen molar-refractivity contribution in [2.45, 2.75) is 12.8 Å². The summed E-state index contributed by atoms with van der Waals surface area (Å²) in [5.74, 6) is 1.79. The molecule has 80 valence electrons. The number of aliphatic imine (C=N–C) groups is 1. The molecular formula is C10H19N3O. The second-order valence-corrected chi connectivity index (χ2v) is 4.04. The van der Waals surface area contributed by atoms with Gasteiger partial charge in [-0.3, -0.25) is 4.99 Å². The Morgan fingerprint density at radius 2 is 2.57 bits per heavy atom. The zero-order valence-electron chi connectivity index (χ0n) is 8.83. The Labute approximate surface area is 85.3 Å². The predicted octanol–water partition coefficient (Wildman–Crippen LogP) is 0.304. The molecule has 1 fully saturated rings. The molecular weight excluding hydrogens is 178 g/mol.